The summed E-state index contributed by atoms with van der Waals surface area (Å²) in [6, 6.07) is 7.10. The molecule has 0 saturated carbocycles. The second-order valence-corrected chi connectivity index (χ2v) is 5.67. The number of nitrogens with one attached hydrogen (secondary N) is 1. The van der Waals surface area contributed by atoms with Crippen molar-refractivity contribution in [2.75, 3.05) is 11.1 Å². The number of halogens is 1. The zero-order valence-corrected chi connectivity index (χ0v) is 11.8. The molecule has 2 aromatic rings. The van der Waals surface area contributed by atoms with Gasteiger partial charge in [0.1, 0.15) is 0 Å². The number of hydrogen-bond acceptors (Lipinski definition) is 4. The third-order valence-electron chi connectivity index (χ3n) is 2.38. The van der Waals surface area contributed by atoms with E-state index in [1.807, 2.05) is 11.4 Å². The molecule has 1 aromatic heterocycles. The van der Waals surface area contributed by atoms with E-state index in [9.17, 15) is 4.79 Å². The molecule has 0 aliphatic carbocycles. The van der Waals surface area contributed by atoms with Crippen molar-refractivity contribution in [3.63, 3.8) is 0 Å². The van der Waals surface area contributed by atoms with Crippen LogP contribution in [0.4, 0.5) is 11.4 Å². The van der Waals surface area contributed by atoms with Gasteiger partial charge in [0.2, 0.25) is 0 Å². The van der Waals surface area contributed by atoms with E-state index in [0.717, 1.165) is 9.35 Å². The van der Waals surface area contributed by atoms with Crippen LogP contribution in [0.5, 0.6) is 0 Å². The lowest BCUT2D eigenvalue weighted by atomic mass is 10.1. The smallest absolute Gasteiger partial charge is 0.250 e. The van der Waals surface area contributed by atoms with E-state index in [1.165, 1.54) is 0 Å². The summed E-state index contributed by atoms with van der Waals surface area (Å²) >= 11 is 5.03. The van der Waals surface area contributed by atoms with Gasteiger partial charge in [0.15, 0.2) is 0 Å². The number of nitrogen functional groups attached to an aromatic ring is 1. The third-order valence-corrected chi connectivity index (χ3v) is 4.08. The summed E-state index contributed by atoms with van der Waals surface area (Å²) in [5, 5.41) is 5.19. The molecule has 0 unspecified atom stereocenters. The topological polar surface area (TPSA) is 81.1 Å². The molecule has 0 aliphatic heterocycles. The molecular weight excluding hydrogens is 314 g/mol. The molecular formula is C12H12BrN3OS. The fourth-order valence-corrected chi connectivity index (χ4v) is 2.94. The van der Waals surface area contributed by atoms with Crippen molar-refractivity contribution in [1.29, 1.82) is 0 Å². The molecule has 0 atom stereocenters. The van der Waals surface area contributed by atoms with E-state index in [-0.39, 0.29) is 0 Å². The van der Waals surface area contributed by atoms with Gasteiger partial charge in [-0.2, -0.15) is 0 Å². The van der Waals surface area contributed by atoms with Gasteiger partial charge in [0.05, 0.1) is 5.56 Å². The average molecular weight is 326 g/mol. The minimum atomic E-state index is -0.489. The number of hydrogen-bond donors (Lipinski definition) is 3. The van der Waals surface area contributed by atoms with Crippen molar-refractivity contribution < 1.29 is 4.79 Å². The molecule has 2 rings (SSSR count). The molecule has 5 N–H and O–H groups in total. The van der Waals surface area contributed by atoms with Crippen LogP contribution >= 0.6 is 27.3 Å². The molecule has 0 spiro atoms. The largest absolute Gasteiger partial charge is 0.399 e. The summed E-state index contributed by atoms with van der Waals surface area (Å²) < 4.78 is 1.05. The number of primary amides is 1. The molecule has 1 amide bonds. The van der Waals surface area contributed by atoms with Crippen LogP contribution < -0.4 is 16.8 Å². The second kappa shape index (κ2) is 5.41. The maximum Gasteiger partial charge on any atom is 0.250 e. The standard InChI is InChI=1S/C12H12BrN3OS/c13-7-3-9(18-6-7)5-16-11-2-1-8(14)4-10(11)12(15)17/h1-4,6,16H,5,14H2,(H2,15,17). The van der Waals surface area contributed by atoms with E-state index in [1.54, 1.807) is 29.5 Å². The molecule has 0 fully saturated rings. The predicted octanol–water partition coefficient (Wildman–Crippen LogP) is 2.80. The van der Waals surface area contributed by atoms with Crippen LogP contribution in [-0.2, 0) is 6.54 Å². The van der Waals surface area contributed by atoms with E-state index in [0.29, 0.717) is 23.5 Å². The monoisotopic (exact) mass is 325 g/mol. The Hall–Kier alpha value is -1.53. The number of rotatable bonds is 4. The first kappa shape index (κ1) is 12.9. The lowest BCUT2D eigenvalue weighted by molar-refractivity contribution is 0.100. The number of carbonyl (C=O) groups excluding carboxylic acids is 1. The van der Waals surface area contributed by atoms with Crippen LogP contribution in [0.15, 0.2) is 34.1 Å². The number of anilines is 2. The molecule has 94 valence electrons. The van der Waals surface area contributed by atoms with Crippen molar-refractivity contribution in [3.05, 3.63) is 44.6 Å². The maximum atomic E-state index is 11.3. The van der Waals surface area contributed by atoms with Gasteiger partial charge in [-0.25, -0.2) is 0 Å². The van der Waals surface area contributed by atoms with Crippen molar-refractivity contribution in [1.82, 2.24) is 0 Å². The number of thiophene rings is 1. The molecule has 0 bridgehead atoms. The Kier molecular flexibility index (Phi) is 3.88. The van der Waals surface area contributed by atoms with Crippen LogP contribution in [0.2, 0.25) is 0 Å². The van der Waals surface area contributed by atoms with Crippen LogP contribution in [0.25, 0.3) is 0 Å². The van der Waals surface area contributed by atoms with Crippen LogP contribution in [-0.4, -0.2) is 5.91 Å². The lowest BCUT2D eigenvalue weighted by Gasteiger charge is -2.09. The van der Waals surface area contributed by atoms with Crippen molar-refractivity contribution in [2.45, 2.75) is 6.54 Å². The Labute approximate surface area is 117 Å². The van der Waals surface area contributed by atoms with Gasteiger partial charge in [-0.15, -0.1) is 11.3 Å². The van der Waals surface area contributed by atoms with Crippen LogP contribution in [0, 0.1) is 0 Å². The summed E-state index contributed by atoms with van der Waals surface area (Å²) in [5.74, 6) is -0.489. The fraction of sp³-hybridized carbons (Fsp3) is 0.0833. The molecule has 1 heterocycles. The normalized spacial score (nSPS) is 10.3. The summed E-state index contributed by atoms with van der Waals surface area (Å²) in [6.07, 6.45) is 0. The van der Waals surface area contributed by atoms with Gasteiger partial charge < -0.3 is 16.8 Å². The first-order valence-corrected chi connectivity index (χ1v) is 6.89. The highest BCUT2D eigenvalue weighted by Gasteiger charge is 2.08. The number of carbonyl (C=O) groups is 1. The van der Waals surface area contributed by atoms with Gasteiger partial charge in [-0.3, -0.25) is 4.79 Å². The van der Waals surface area contributed by atoms with Gasteiger partial charge in [0, 0.05) is 32.6 Å². The summed E-state index contributed by atoms with van der Waals surface area (Å²) in [7, 11) is 0. The Bertz CT molecular complexity index is 582. The Balaban J connectivity index is 2.16. The first-order valence-electron chi connectivity index (χ1n) is 5.22. The average Bonchev–Trinajstić information content (AvgIpc) is 2.73. The van der Waals surface area contributed by atoms with Gasteiger partial charge in [0.25, 0.3) is 5.91 Å². The van der Waals surface area contributed by atoms with Gasteiger partial charge in [-0.1, -0.05) is 0 Å². The second-order valence-electron chi connectivity index (χ2n) is 3.75. The molecule has 6 heteroatoms. The molecule has 0 saturated heterocycles. The van der Waals surface area contributed by atoms with Crippen molar-refractivity contribution in [3.8, 4) is 0 Å². The summed E-state index contributed by atoms with van der Waals surface area (Å²) in [5.41, 5.74) is 12.6. The predicted molar refractivity (Wildman–Crippen MR) is 78.7 cm³/mol. The molecule has 18 heavy (non-hydrogen) atoms. The zero-order valence-electron chi connectivity index (χ0n) is 9.44. The van der Waals surface area contributed by atoms with Crippen LogP contribution in [0.3, 0.4) is 0 Å². The third kappa shape index (κ3) is 3.02. The Morgan fingerprint density at radius 2 is 2.17 bits per heavy atom. The van der Waals surface area contributed by atoms with E-state index < -0.39 is 5.91 Å². The Morgan fingerprint density at radius 1 is 1.39 bits per heavy atom. The first-order chi connectivity index (χ1) is 8.56. The van der Waals surface area contributed by atoms with E-state index in [2.05, 4.69) is 21.2 Å². The molecule has 0 aliphatic rings. The molecule has 1 aromatic carbocycles. The number of nitrogens with two attached hydrogens (primary N) is 2. The molecule has 0 radical (unpaired) electrons. The number of benzene rings is 1. The Morgan fingerprint density at radius 3 is 2.78 bits per heavy atom. The van der Waals surface area contributed by atoms with Crippen LogP contribution in [0.1, 0.15) is 15.2 Å². The maximum absolute atomic E-state index is 11.3. The van der Waals surface area contributed by atoms with E-state index >= 15 is 0 Å². The van der Waals surface area contributed by atoms with Gasteiger partial charge >= 0.3 is 0 Å². The highest BCUT2D eigenvalue weighted by atomic mass is 79.9. The highest BCUT2D eigenvalue weighted by Crippen LogP contribution is 2.23. The van der Waals surface area contributed by atoms with Crippen molar-refractivity contribution in [2.24, 2.45) is 5.73 Å². The van der Waals surface area contributed by atoms with E-state index in [4.69, 9.17) is 11.5 Å². The zero-order chi connectivity index (χ0) is 13.1. The fourth-order valence-electron chi connectivity index (χ4n) is 1.55. The lowest BCUT2D eigenvalue weighted by Crippen LogP contribution is -2.14. The number of amides is 1. The van der Waals surface area contributed by atoms with Gasteiger partial charge in [-0.05, 0) is 40.2 Å². The highest BCUT2D eigenvalue weighted by molar-refractivity contribution is 9.10. The molecule has 4 nitrogen and oxygen atoms in total. The SMILES string of the molecule is NC(=O)c1cc(N)ccc1NCc1cc(Br)cs1. The minimum Gasteiger partial charge on any atom is -0.399 e. The summed E-state index contributed by atoms with van der Waals surface area (Å²) in [6.45, 7) is 0.639. The quantitative estimate of drug-likeness (QED) is 0.756. The van der Waals surface area contributed by atoms with Crippen molar-refractivity contribution >= 4 is 44.5 Å². The summed E-state index contributed by atoms with van der Waals surface area (Å²) in [4.78, 5) is 12.5. The minimum absolute atomic E-state index is 0.408.